The summed E-state index contributed by atoms with van der Waals surface area (Å²) >= 11 is 3.64. The molecule has 0 saturated heterocycles. The van der Waals surface area contributed by atoms with Gasteiger partial charge in [-0.1, -0.05) is 28.1 Å². The minimum absolute atomic E-state index is 0.835. The lowest BCUT2D eigenvalue weighted by atomic mass is 9.84. The van der Waals surface area contributed by atoms with Crippen molar-refractivity contribution in [1.29, 1.82) is 0 Å². The summed E-state index contributed by atoms with van der Waals surface area (Å²) in [5.74, 6) is 0.835. The summed E-state index contributed by atoms with van der Waals surface area (Å²) in [7, 11) is 4.33. The predicted octanol–water partition coefficient (Wildman–Crippen LogP) is 3.12. The molecule has 0 radical (unpaired) electrons. The molecule has 1 aliphatic rings. The zero-order valence-electron chi connectivity index (χ0n) is 9.46. The maximum absolute atomic E-state index is 3.64. The van der Waals surface area contributed by atoms with Crippen molar-refractivity contribution >= 4 is 15.9 Å². The largest absolute Gasteiger partial charge is 0.309 e. The number of hydrogen-bond acceptors (Lipinski definition) is 1. The van der Waals surface area contributed by atoms with Gasteiger partial charge in [-0.2, -0.15) is 0 Å². The van der Waals surface area contributed by atoms with Crippen molar-refractivity contribution in [2.24, 2.45) is 5.92 Å². The Morgan fingerprint density at radius 1 is 1.40 bits per heavy atom. The van der Waals surface area contributed by atoms with Gasteiger partial charge in [0.2, 0.25) is 0 Å². The van der Waals surface area contributed by atoms with Crippen LogP contribution in [0, 0.1) is 5.92 Å². The molecular weight excluding hydrogens is 250 g/mol. The predicted molar refractivity (Wildman–Crippen MR) is 68.2 cm³/mol. The summed E-state index contributed by atoms with van der Waals surface area (Å²) < 4.78 is 1.29. The van der Waals surface area contributed by atoms with E-state index in [-0.39, 0.29) is 0 Å². The topological polar surface area (TPSA) is 3.24 Å². The summed E-state index contributed by atoms with van der Waals surface area (Å²) in [6, 6.07) is 6.59. The molecule has 0 bridgehead atoms. The molecule has 2 rings (SSSR count). The Morgan fingerprint density at radius 3 is 2.93 bits per heavy atom. The second-order valence-corrected chi connectivity index (χ2v) is 5.60. The highest BCUT2D eigenvalue weighted by Gasteiger charge is 2.20. The van der Waals surface area contributed by atoms with Crippen LogP contribution in [0.1, 0.15) is 17.5 Å². The lowest BCUT2D eigenvalue weighted by Crippen LogP contribution is -2.26. The van der Waals surface area contributed by atoms with Gasteiger partial charge in [0.1, 0.15) is 0 Å². The van der Waals surface area contributed by atoms with Crippen LogP contribution in [-0.4, -0.2) is 25.5 Å². The highest BCUT2D eigenvalue weighted by Crippen LogP contribution is 2.30. The lowest BCUT2D eigenvalue weighted by Gasteiger charge is -2.27. The van der Waals surface area contributed by atoms with Crippen LogP contribution >= 0.6 is 15.9 Å². The second-order valence-electron chi connectivity index (χ2n) is 4.75. The van der Waals surface area contributed by atoms with Gasteiger partial charge in [-0.15, -0.1) is 0 Å². The number of nitrogens with zero attached hydrogens (tertiary/aromatic N) is 1. The van der Waals surface area contributed by atoms with Gasteiger partial charge < -0.3 is 4.90 Å². The first-order valence-electron chi connectivity index (χ1n) is 5.58. The van der Waals surface area contributed by atoms with E-state index < -0.39 is 0 Å². The maximum Gasteiger partial charge on any atom is 0.0210 e. The lowest BCUT2D eigenvalue weighted by molar-refractivity contribution is 0.302. The highest BCUT2D eigenvalue weighted by molar-refractivity contribution is 9.10. The average molecular weight is 268 g/mol. The Bertz CT molecular complexity index is 346. The Balaban J connectivity index is 2.13. The molecule has 1 aromatic rings. The van der Waals surface area contributed by atoms with Crippen LogP contribution in [-0.2, 0) is 12.8 Å². The van der Waals surface area contributed by atoms with E-state index in [1.807, 2.05) is 0 Å². The van der Waals surface area contributed by atoms with Crippen LogP contribution in [0.2, 0.25) is 0 Å². The molecule has 0 aliphatic heterocycles. The summed E-state index contributed by atoms with van der Waals surface area (Å²) in [6.45, 7) is 1.21. The van der Waals surface area contributed by atoms with Crippen molar-refractivity contribution in [3.05, 3.63) is 33.8 Å². The second kappa shape index (κ2) is 4.67. The van der Waals surface area contributed by atoms with E-state index >= 15 is 0 Å². The van der Waals surface area contributed by atoms with Gasteiger partial charge in [0.15, 0.2) is 0 Å². The molecule has 1 aliphatic carbocycles. The fourth-order valence-corrected chi connectivity index (χ4v) is 3.11. The Morgan fingerprint density at radius 2 is 2.20 bits per heavy atom. The molecule has 15 heavy (non-hydrogen) atoms. The highest BCUT2D eigenvalue weighted by atomic mass is 79.9. The molecule has 0 fully saturated rings. The van der Waals surface area contributed by atoms with E-state index in [2.05, 4.69) is 53.1 Å². The molecule has 1 unspecified atom stereocenters. The molecule has 0 aromatic heterocycles. The van der Waals surface area contributed by atoms with E-state index in [0.717, 1.165) is 5.92 Å². The molecule has 1 atom stereocenters. The Hall–Kier alpha value is -0.340. The fraction of sp³-hybridized carbons (Fsp3) is 0.538. The van der Waals surface area contributed by atoms with Crippen LogP contribution in [0.15, 0.2) is 22.7 Å². The first kappa shape index (κ1) is 11.2. The molecule has 0 heterocycles. The number of fused-ring (bicyclic) bond motifs is 1. The van der Waals surface area contributed by atoms with Crippen molar-refractivity contribution in [2.75, 3.05) is 20.6 Å². The van der Waals surface area contributed by atoms with Gasteiger partial charge >= 0.3 is 0 Å². The van der Waals surface area contributed by atoms with Gasteiger partial charge in [0.05, 0.1) is 0 Å². The number of benzene rings is 1. The quantitative estimate of drug-likeness (QED) is 0.796. The van der Waals surface area contributed by atoms with Crippen LogP contribution in [0.3, 0.4) is 0 Å². The van der Waals surface area contributed by atoms with Crippen LogP contribution < -0.4 is 0 Å². The van der Waals surface area contributed by atoms with Gasteiger partial charge in [-0.25, -0.2) is 0 Å². The van der Waals surface area contributed by atoms with Crippen LogP contribution in [0.25, 0.3) is 0 Å². The SMILES string of the molecule is CN(C)CC1CCc2c(Br)cccc2C1. The van der Waals surface area contributed by atoms with Gasteiger partial charge in [0, 0.05) is 11.0 Å². The smallest absolute Gasteiger partial charge is 0.0210 e. The Kier molecular flexibility index (Phi) is 3.47. The number of rotatable bonds is 2. The molecule has 0 amide bonds. The minimum Gasteiger partial charge on any atom is -0.309 e. The van der Waals surface area contributed by atoms with Gasteiger partial charge in [0.25, 0.3) is 0 Å². The van der Waals surface area contributed by atoms with E-state index in [0.29, 0.717) is 0 Å². The van der Waals surface area contributed by atoms with Gasteiger partial charge in [-0.05, 0) is 56.5 Å². The van der Waals surface area contributed by atoms with Gasteiger partial charge in [-0.3, -0.25) is 0 Å². The molecule has 0 spiro atoms. The third kappa shape index (κ3) is 2.61. The zero-order valence-corrected chi connectivity index (χ0v) is 11.0. The van der Waals surface area contributed by atoms with Crippen LogP contribution in [0.4, 0.5) is 0 Å². The summed E-state index contributed by atoms with van der Waals surface area (Å²) in [5.41, 5.74) is 3.08. The third-order valence-electron chi connectivity index (χ3n) is 3.15. The summed E-state index contributed by atoms with van der Waals surface area (Å²) in [6.07, 6.45) is 3.80. The van der Waals surface area contributed by atoms with E-state index in [9.17, 15) is 0 Å². The number of hydrogen-bond donors (Lipinski definition) is 0. The van der Waals surface area contributed by atoms with Crippen molar-refractivity contribution in [1.82, 2.24) is 4.90 Å². The van der Waals surface area contributed by atoms with Crippen LogP contribution in [0.5, 0.6) is 0 Å². The summed E-state index contributed by atoms with van der Waals surface area (Å²) in [5, 5.41) is 0. The van der Waals surface area contributed by atoms with E-state index in [1.54, 1.807) is 5.56 Å². The summed E-state index contributed by atoms with van der Waals surface area (Å²) in [4.78, 5) is 2.30. The first-order valence-corrected chi connectivity index (χ1v) is 6.37. The molecule has 0 saturated carbocycles. The third-order valence-corrected chi connectivity index (χ3v) is 3.89. The average Bonchev–Trinajstić information content (AvgIpc) is 2.17. The van der Waals surface area contributed by atoms with Crippen molar-refractivity contribution in [3.63, 3.8) is 0 Å². The monoisotopic (exact) mass is 267 g/mol. The van der Waals surface area contributed by atoms with E-state index in [4.69, 9.17) is 0 Å². The molecule has 1 aromatic carbocycles. The first-order chi connectivity index (χ1) is 7.16. The molecule has 1 nitrogen and oxygen atoms in total. The van der Waals surface area contributed by atoms with E-state index in [1.165, 1.54) is 35.8 Å². The molecule has 82 valence electrons. The van der Waals surface area contributed by atoms with Crippen molar-refractivity contribution < 1.29 is 0 Å². The fourth-order valence-electron chi connectivity index (χ4n) is 2.51. The minimum atomic E-state index is 0.835. The molecule has 0 N–H and O–H groups in total. The zero-order chi connectivity index (χ0) is 10.8. The molecule has 2 heteroatoms. The normalized spacial score (nSPS) is 20.4. The molecular formula is C13H18BrN. The standard InChI is InChI=1S/C13H18BrN/c1-15(2)9-10-6-7-12-11(8-10)4-3-5-13(12)14/h3-5,10H,6-9H2,1-2H3. The van der Waals surface area contributed by atoms with Crippen molar-refractivity contribution in [3.8, 4) is 0 Å². The number of halogens is 1. The van der Waals surface area contributed by atoms with Crippen molar-refractivity contribution in [2.45, 2.75) is 19.3 Å². The Labute approximate surface area is 101 Å². The maximum atomic E-state index is 3.64.